The first kappa shape index (κ1) is 20.2. The van der Waals surface area contributed by atoms with E-state index in [0.29, 0.717) is 54.6 Å². The molecule has 1 N–H and O–H groups in total. The van der Waals surface area contributed by atoms with Gasteiger partial charge in [-0.1, -0.05) is 23.4 Å². The number of amides is 1. The molecule has 0 spiro atoms. The number of benzene rings is 1. The number of aryl methyl sites for hydroxylation is 2. The van der Waals surface area contributed by atoms with Gasteiger partial charge in [-0.15, -0.1) is 0 Å². The summed E-state index contributed by atoms with van der Waals surface area (Å²) >= 11 is 0. The normalized spacial score (nSPS) is 15.8. The zero-order valence-corrected chi connectivity index (χ0v) is 16.9. The Kier molecular flexibility index (Phi) is 5.97. The molecule has 0 saturated carbocycles. The number of carbonyl (C=O) groups excluding carboxylic acids is 1. The number of hydrogen-bond acceptors (Lipinski definition) is 6. The summed E-state index contributed by atoms with van der Waals surface area (Å²) in [6, 6.07) is 5.23. The number of anilines is 1. The summed E-state index contributed by atoms with van der Waals surface area (Å²) in [6.45, 7) is 6.39. The summed E-state index contributed by atoms with van der Waals surface area (Å²) in [5, 5.41) is 6.54. The van der Waals surface area contributed by atoms with Crippen LogP contribution < -0.4 is 5.32 Å². The first-order valence-electron chi connectivity index (χ1n) is 8.89. The van der Waals surface area contributed by atoms with Gasteiger partial charge in [0.1, 0.15) is 11.4 Å². The number of aromatic nitrogens is 1. The molecule has 1 aliphatic rings. The van der Waals surface area contributed by atoms with E-state index in [1.807, 2.05) is 6.07 Å². The van der Waals surface area contributed by atoms with Gasteiger partial charge in [-0.05, 0) is 37.1 Å². The van der Waals surface area contributed by atoms with Gasteiger partial charge in [0.15, 0.2) is 5.76 Å². The van der Waals surface area contributed by atoms with Gasteiger partial charge in [0.2, 0.25) is 15.9 Å². The monoisotopic (exact) mass is 405 g/mol. The van der Waals surface area contributed by atoms with Gasteiger partial charge in [-0.2, -0.15) is 4.31 Å². The van der Waals surface area contributed by atoms with Gasteiger partial charge in [-0.25, -0.2) is 8.42 Å². The Labute approximate surface area is 164 Å². The second-order valence-electron chi connectivity index (χ2n) is 6.56. The number of nitrogens with zero attached hydrogens (tertiary/aromatic N) is 2. The van der Waals surface area contributed by atoms with Crippen molar-refractivity contribution in [1.29, 1.82) is 0 Å². The zero-order chi connectivity index (χ0) is 20.3. The highest BCUT2D eigenvalue weighted by atomic mass is 32.2. The van der Waals surface area contributed by atoms with E-state index in [9.17, 15) is 13.2 Å². The average Bonchev–Trinajstić information content (AvgIpc) is 3.01. The molecule has 0 aliphatic carbocycles. The van der Waals surface area contributed by atoms with Crippen molar-refractivity contribution >= 4 is 33.8 Å². The second kappa shape index (κ2) is 8.26. The predicted molar refractivity (Wildman–Crippen MR) is 105 cm³/mol. The van der Waals surface area contributed by atoms with E-state index in [4.69, 9.17) is 9.26 Å². The van der Waals surface area contributed by atoms with Crippen molar-refractivity contribution in [2.24, 2.45) is 0 Å². The molecule has 1 aromatic heterocycles. The quantitative estimate of drug-likeness (QED) is 0.820. The second-order valence-corrected chi connectivity index (χ2v) is 8.47. The van der Waals surface area contributed by atoms with E-state index >= 15 is 0 Å². The highest BCUT2D eigenvalue weighted by Crippen LogP contribution is 2.25. The van der Waals surface area contributed by atoms with Crippen molar-refractivity contribution in [2.75, 3.05) is 31.6 Å². The molecule has 9 heteroatoms. The molecule has 150 valence electrons. The first-order chi connectivity index (χ1) is 13.3. The molecule has 1 amide bonds. The molecule has 1 aliphatic heterocycles. The van der Waals surface area contributed by atoms with Gasteiger partial charge in [0.05, 0.1) is 18.1 Å². The van der Waals surface area contributed by atoms with Crippen LogP contribution in [0.15, 0.2) is 27.6 Å². The number of hydrogen-bond donors (Lipinski definition) is 1. The summed E-state index contributed by atoms with van der Waals surface area (Å²) in [6.07, 6.45) is 3.38. The highest BCUT2D eigenvalue weighted by Gasteiger charge is 2.27. The molecular formula is C19H23N3O5S. The van der Waals surface area contributed by atoms with Crippen molar-refractivity contribution in [1.82, 2.24) is 9.46 Å². The fraction of sp³-hybridized carbons (Fsp3) is 0.368. The largest absolute Gasteiger partial charge is 0.379 e. The Morgan fingerprint density at radius 2 is 1.93 bits per heavy atom. The molecule has 2 aromatic rings. The van der Waals surface area contributed by atoms with Gasteiger partial charge in [0.25, 0.3) is 0 Å². The van der Waals surface area contributed by atoms with Gasteiger partial charge >= 0.3 is 0 Å². The number of nitrogens with one attached hydrogen (secondary N) is 1. The standard InChI is InChI=1S/C19H23N3O5S/c1-13-4-5-16(6-7-17-19(20-15(3)23)14(2)21-27-17)12-18(13)28(24,25)22-8-10-26-11-9-22/h4-7,12H,8-11H2,1-3H3,(H,20,23). The SMILES string of the molecule is CC(=O)Nc1c(C)noc1C=Cc1ccc(C)c(S(=O)(=O)N2CCOCC2)c1. The van der Waals surface area contributed by atoms with Crippen molar-refractivity contribution in [2.45, 2.75) is 25.7 Å². The first-order valence-corrected chi connectivity index (χ1v) is 10.3. The van der Waals surface area contributed by atoms with Crippen molar-refractivity contribution in [3.8, 4) is 0 Å². The number of sulfonamides is 1. The Morgan fingerprint density at radius 3 is 2.61 bits per heavy atom. The lowest BCUT2D eigenvalue weighted by molar-refractivity contribution is -0.114. The minimum Gasteiger partial charge on any atom is -0.379 e. The van der Waals surface area contributed by atoms with Crippen LogP contribution in [0.2, 0.25) is 0 Å². The van der Waals surface area contributed by atoms with Gasteiger partial charge < -0.3 is 14.6 Å². The minimum atomic E-state index is -3.59. The Morgan fingerprint density at radius 1 is 1.21 bits per heavy atom. The van der Waals surface area contributed by atoms with Crippen LogP contribution in [-0.4, -0.2) is 50.1 Å². The summed E-state index contributed by atoms with van der Waals surface area (Å²) in [5.41, 5.74) is 2.43. The molecule has 28 heavy (non-hydrogen) atoms. The maximum atomic E-state index is 13.0. The fourth-order valence-electron chi connectivity index (χ4n) is 2.93. The third kappa shape index (κ3) is 4.32. The number of rotatable bonds is 5. The van der Waals surface area contributed by atoms with Crippen LogP contribution >= 0.6 is 0 Å². The Balaban J connectivity index is 1.90. The van der Waals surface area contributed by atoms with E-state index in [2.05, 4.69) is 10.5 Å². The third-order valence-electron chi connectivity index (χ3n) is 4.42. The predicted octanol–water partition coefficient (Wildman–Crippen LogP) is 2.44. The Bertz CT molecular complexity index is 1000. The van der Waals surface area contributed by atoms with Crippen LogP contribution in [0, 0.1) is 13.8 Å². The maximum absolute atomic E-state index is 13.0. The number of carbonyl (C=O) groups is 1. The molecule has 2 heterocycles. The minimum absolute atomic E-state index is 0.227. The van der Waals surface area contributed by atoms with E-state index in [1.54, 1.807) is 38.1 Å². The molecule has 0 radical (unpaired) electrons. The van der Waals surface area contributed by atoms with E-state index < -0.39 is 10.0 Å². The average molecular weight is 405 g/mol. The molecule has 0 bridgehead atoms. The van der Waals surface area contributed by atoms with Crippen molar-refractivity contribution < 1.29 is 22.5 Å². The molecule has 1 saturated heterocycles. The van der Waals surface area contributed by atoms with Crippen molar-refractivity contribution in [3.63, 3.8) is 0 Å². The Hall–Kier alpha value is -2.49. The molecule has 1 aromatic carbocycles. The van der Waals surface area contributed by atoms with Crippen LogP contribution in [0.5, 0.6) is 0 Å². The third-order valence-corrected chi connectivity index (χ3v) is 6.46. The van der Waals surface area contributed by atoms with E-state index in [-0.39, 0.29) is 10.8 Å². The van der Waals surface area contributed by atoms with Crippen LogP contribution in [-0.2, 0) is 19.6 Å². The van der Waals surface area contributed by atoms with Gasteiger partial charge in [-0.3, -0.25) is 4.79 Å². The summed E-state index contributed by atoms with van der Waals surface area (Å²) < 4.78 is 37.9. The molecule has 0 atom stereocenters. The molecular weight excluding hydrogens is 382 g/mol. The molecule has 8 nitrogen and oxygen atoms in total. The van der Waals surface area contributed by atoms with Crippen molar-refractivity contribution in [3.05, 3.63) is 40.8 Å². The number of morpholine rings is 1. The van der Waals surface area contributed by atoms with Crippen LogP contribution in [0.4, 0.5) is 5.69 Å². The summed E-state index contributed by atoms with van der Waals surface area (Å²) in [5.74, 6) is 0.168. The fourth-order valence-corrected chi connectivity index (χ4v) is 4.59. The highest BCUT2D eigenvalue weighted by molar-refractivity contribution is 7.89. The lowest BCUT2D eigenvalue weighted by atomic mass is 10.1. The molecule has 1 fully saturated rings. The van der Waals surface area contributed by atoms with E-state index in [1.165, 1.54) is 11.2 Å². The topological polar surface area (TPSA) is 102 Å². The summed E-state index contributed by atoms with van der Waals surface area (Å²) in [7, 11) is -3.59. The summed E-state index contributed by atoms with van der Waals surface area (Å²) in [4.78, 5) is 11.6. The smallest absolute Gasteiger partial charge is 0.243 e. The molecule has 0 unspecified atom stereocenters. The van der Waals surface area contributed by atoms with Crippen LogP contribution in [0.3, 0.4) is 0 Å². The van der Waals surface area contributed by atoms with Crippen LogP contribution in [0.1, 0.15) is 29.5 Å². The lowest BCUT2D eigenvalue weighted by Crippen LogP contribution is -2.40. The van der Waals surface area contributed by atoms with Gasteiger partial charge in [0, 0.05) is 20.0 Å². The van der Waals surface area contributed by atoms with E-state index in [0.717, 1.165) is 0 Å². The van der Waals surface area contributed by atoms with Crippen LogP contribution in [0.25, 0.3) is 12.2 Å². The lowest BCUT2D eigenvalue weighted by Gasteiger charge is -2.26. The molecule has 3 rings (SSSR count). The maximum Gasteiger partial charge on any atom is 0.243 e. The zero-order valence-electron chi connectivity index (χ0n) is 16.1. The number of ether oxygens (including phenoxy) is 1.